The van der Waals surface area contributed by atoms with Crippen LogP contribution in [0.5, 0.6) is 0 Å². The number of esters is 1. The van der Waals surface area contributed by atoms with Crippen molar-refractivity contribution in [2.24, 2.45) is 29.6 Å². The molecule has 0 N–H and O–H groups in total. The Balaban J connectivity index is 1.79. The minimum absolute atomic E-state index is 0.0365. The fraction of sp³-hybridized carbons (Fsp3) is 0.864. The van der Waals surface area contributed by atoms with Crippen molar-refractivity contribution in [1.29, 1.82) is 0 Å². The minimum atomic E-state index is -0.247. The standard InChI is InChI=1S/C22H34O4/c1-12-7-6-8-22(5)21-18-16(14(3)11-24-22)10-13(2)20(25-15(4)23)19(18)17(9-12)26-21/h7,13-14,16-21H,6,8-11H2,1-5H3/b12-7+. The number of hydrogen-bond donors (Lipinski definition) is 0. The van der Waals surface area contributed by atoms with Gasteiger partial charge in [-0.15, -0.1) is 0 Å². The summed E-state index contributed by atoms with van der Waals surface area (Å²) in [7, 11) is 0. The monoisotopic (exact) mass is 362 g/mol. The summed E-state index contributed by atoms with van der Waals surface area (Å²) in [6.07, 6.45) is 6.64. The van der Waals surface area contributed by atoms with Gasteiger partial charge in [0.2, 0.25) is 0 Å². The number of allylic oxidation sites excluding steroid dienone is 1. The van der Waals surface area contributed by atoms with Crippen LogP contribution in [0.2, 0.25) is 0 Å². The Labute approximate surface area is 157 Å². The van der Waals surface area contributed by atoms with Crippen LogP contribution in [0, 0.1) is 29.6 Å². The van der Waals surface area contributed by atoms with Crippen molar-refractivity contribution in [2.45, 2.75) is 84.2 Å². The van der Waals surface area contributed by atoms with Gasteiger partial charge in [-0.3, -0.25) is 4.79 Å². The first-order valence-corrected chi connectivity index (χ1v) is 10.4. The summed E-state index contributed by atoms with van der Waals surface area (Å²) < 4.78 is 19.2. The van der Waals surface area contributed by atoms with E-state index < -0.39 is 0 Å². The van der Waals surface area contributed by atoms with Gasteiger partial charge < -0.3 is 14.2 Å². The van der Waals surface area contributed by atoms with Crippen LogP contribution in [0.4, 0.5) is 0 Å². The molecule has 1 saturated carbocycles. The second-order valence-electron chi connectivity index (χ2n) is 9.59. The van der Waals surface area contributed by atoms with Gasteiger partial charge in [-0.05, 0) is 63.2 Å². The molecule has 2 saturated heterocycles. The molecule has 9 atom stereocenters. The van der Waals surface area contributed by atoms with E-state index in [0.717, 1.165) is 32.3 Å². The predicted octanol–water partition coefficient (Wildman–Crippen LogP) is 4.13. The van der Waals surface area contributed by atoms with Crippen molar-refractivity contribution in [3.8, 4) is 0 Å². The average Bonchev–Trinajstić information content (AvgIpc) is 2.92. The summed E-state index contributed by atoms with van der Waals surface area (Å²) in [5.41, 5.74) is 1.14. The molecule has 1 aliphatic carbocycles. The highest BCUT2D eigenvalue weighted by Crippen LogP contribution is 2.57. The molecule has 0 spiro atoms. The first-order chi connectivity index (χ1) is 12.3. The number of carbonyl (C=O) groups excluding carboxylic acids is 1. The summed E-state index contributed by atoms with van der Waals surface area (Å²) in [5.74, 6) is 2.01. The Morgan fingerprint density at radius 1 is 1.27 bits per heavy atom. The molecule has 0 radical (unpaired) electrons. The molecule has 3 heterocycles. The van der Waals surface area contributed by atoms with Crippen LogP contribution in [0.3, 0.4) is 0 Å². The molecule has 4 rings (SSSR count). The molecule has 146 valence electrons. The number of ether oxygens (including phenoxy) is 3. The molecule has 4 heteroatoms. The molecule has 4 nitrogen and oxygen atoms in total. The Hall–Kier alpha value is -0.870. The molecule has 9 unspecified atom stereocenters. The quantitative estimate of drug-likeness (QED) is 0.520. The maximum absolute atomic E-state index is 11.8. The third kappa shape index (κ3) is 2.93. The first kappa shape index (κ1) is 18.5. The fourth-order valence-electron chi connectivity index (χ4n) is 6.34. The van der Waals surface area contributed by atoms with Crippen LogP contribution in [-0.4, -0.2) is 36.5 Å². The second kappa shape index (κ2) is 6.63. The third-order valence-electron chi connectivity index (χ3n) is 7.59. The SMILES string of the molecule is CC(=O)OC1C(C)CC2C(C)COC3(C)CC/C=C(\C)CC4OC3C2C41. The van der Waals surface area contributed by atoms with E-state index in [-0.39, 0.29) is 35.8 Å². The van der Waals surface area contributed by atoms with E-state index >= 15 is 0 Å². The maximum atomic E-state index is 11.8. The molecule has 0 aromatic heterocycles. The number of fused-ring (bicyclic) bond motifs is 2. The summed E-state index contributed by atoms with van der Waals surface area (Å²) in [6, 6.07) is 0. The topological polar surface area (TPSA) is 44.8 Å². The normalized spacial score (nSPS) is 52.7. The van der Waals surface area contributed by atoms with E-state index in [4.69, 9.17) is 14.2 Å². The molecule has 3 aliphatic heterocycles. The zero-order chi connectivity index (χ0) is 18.6. The number of hydrogen-bond acceptors (Lipinski definition) is 4. The van der Waals surface area contributed by atoms with E-state index in [0.29, 0.717) is 23.7 Å². The fourth-order valence-corrected chi connectivity index (χ4v) is 6.34. The first-order valence-electron chi connectivity index (χ1n) is 10.4. The molecular formula is C22H34O4. The van der Waals surface area contributed by atoms with E-state index in [1.54, 1.807) is 6.92 Å². The molecule has 26 heavy (non-hydrogen) atoms. The van der Waals surface area contributed by atoms with Gasteiger partial charge in [0.05, 0.1) is 24.4 Å². The predicted molar refractivity (Wildman–Crippen MR) is 99.6 cm³/mol. The Morgan fingerprint density at radius 2 is 2.04 bits per heavy atom. The molecule has 3 fully saturated rings. The highest BCUT2D eigenvalue weighted by molar-refractivity contribution is 5.66. The van der Waals surface area contributed by atoms with E-state index in [2.05, 4.69) is 33.8 Å². The van der Waals surface area contributed by atoms with Crippen molar-refractivity contribution in [1.82, 2.24) is 0 Å². The summed E-state index contributed by atoms with van der Waals surface area (Å²) in [5, 5.41) is 0. The van der Waals surface area contributed by atoms with Gasteiger partial charge >= 0.3 is 5.97 Å². The van der Waals surface area contributed by atoms with Crippen LogP contribution >= 0.6 is 0 Å². The van der Waals surface area contributed by atoms with Gasteiger partial charge in [0.25, 0.3) is 0 Å². The average molecular weight is 363 g/mol. The smallest absolute Gasteiger partial charge is 0.302 e. The van der Waals surface area contributed by atoms with Gasteiger partial charge in [-0.2, -0.15) is 0 Å². The van der Waals surface area contributed by atoms with E-state index in [1.165, 1.54) is 5.57 Å². The van der Waals surface area contributed by atoms with Crippen molar-refractivity contribution >= 4 is 5.97 Å². The van der Waals surface area contributed by atoms with Gasteiger partial charge in [-0.25, -0.2) is 0 Å². The van der Waals surface area contributed by atoms with Crippen LogP contribution in [-0.2, 0) is 19.0 Å². The lowest BCUT2D eigenvalue weighted by molar-refractivity contribution is -0.160. The second-order valence-corrected chi connectivity index (χ2v) is 9.59. The van der Waals surface area contributed by atoms with Crippen molar-refractivity contribution in [3.63, 3.8) is 0 Å². The van der Waals surface area contributed by atoms with Gasteiger partial charge in [0, 0.05) is 12.8 Å². The van der Waals surface area contributed by atoms with Crippen molar-refractivity contribution in [3.05, 3.63) is 11.6 Å². The number of carbonyl (C=O) groups is 1. The van der Waals surface area contributed by atoms with Crippen LogP contribution in [0.15, 0.2) is 11.6 Å². The van der Waals surface area contributed by atoms with Crippen molar-refractivity contribution < 1.29 is 19.0 Å². The van der Waals surface area contributed by atoms with E-state index in [1.807, 2.05) is 0 Å². The lowest BCUT2D eigenvalue weighted by atomic mass is 9.59. The Bertz CT molecular complexity index is 599. The molecule has 4 aliphatic rings. The largest absolute Gasteiger partial charge is 0.462 e. The maximum Gasteiger partial charge on any atom is 0.302 e. The van der Waals surface area contributed by atoms with Gasteiger partial charge in [-0.1, -0.05) is 25.5 Å². The molecule has 0 aromatic carbocycles. The highest BCUT2D eigenvalue weighted by Gasteiger charge is 2.62. The Kier molecular flexibility index (Phi) is 4.71. The molecule has 2 bridgehead atoms. The van der Waals surface area contributed by atoms with Crippen molar-refractivity contribution in [2.75, 3.05) is 6.61 Å². The minimum Gasteiger partial charge on any atom is -0.462 e. The highest BCUT2D eigenvalue weighted by atomic mass is 16.6. The Morgan fingerprint density at radius 3 is 2.77 bits per heavy atom. The lowest BCUT2D eigenvalue weighted by Crippen LogP contribution is -2.51. The third-order valence-corrected chi connectivity index (χ3v) is 7.59. The summed E-state index contributed by atoms with van der Waals surface area (Å²) >= 11 is 0. The van der Waals surface area contributed by atoms with E-state index in [9.17, 15) is 4.79 Å². The summed E-state index contributed by atoms with van der Waals surface area (Å²) in [4.78, 5) is 11.8. The molecule has 0 amide bonds. The molecule has 0 aromatic rings. The van der Waals surface area contributed by atoms with Crippen LogP contribution in [0.1, 0.15) is 60.3 Å². The van der Waals surface area contributed by atoms with Crippen LogP contribution < -0.4 is 0 Å². The lowest BCUT2D eigenvalue weighted by Gasteiger charge is -2.46. The molecular weight excluding hydrogens is 328 g/mol. The summed E-state index contributed by atoms with van der Waals surface area (Å²) in [6.45, 7) is 11.4. The number of rotatable bonds is 1. The zero-order valence-electron chi connectivity index (χ0n) is 16.9. The van der Waals surface area contributed by atoms with Gasteiger partial charge in [0.15, 0.2) is 0 Å². The van der Waals surface area contributed by atoms with Gasteiger partial charge in [0.1, 0.15) is 6.10 Å². The zero-order valence-corrected chi connectivity index (χ0v) is 16.9. The van der Waals surface area contributed by atoms with Crippen LogP contribution in [0.25, 0.3) is 0 Å².